The third-order valence-electron chi connectivity index (χ3n) is 2.14. The topological polar surface area (TPSA) is 78.9 Å². The molecule has 0 radical (unpaired) electrons. The van der Waals surface area contributed by atoms with E-state index < -0.39 is 22.0 Å². The summed E-state index contributed by atoms with van der Waals surface area (Å²) in [5.41, 5.74) is -0.167. The number of carbonyl (C=O) groups excluding carboxylic acids is 1. The van der Waals surface area contributed by atoms with Crippen LogP contribution in [0.5, 0.6) is 0 Å². The summed E-state index contributed by atoms with van der Waals surface area (Å²) in [5, 5.41) is 0. The highest BCUT2D eigenvalue weighted by Gasteiger charge is 2.40. The van der Waals surface area contributed by atoms with Gasteiger partial charge in [0.05, 0.1) is 23.8 Å². The number of hydrogen-bond acceptors (Lipinski definition) is 6. The number of methoxy groups -OCH3 is 2. The molecule has 0 bridgehead atoms. The molecule has 8 heteroatoms. The van der Waals surface area contributed by atoms with Crippen LogP contribution in [0.25, 0.3) is 0 Å². The summed E-state index contributed by atoms with van der Waals surface area (Å²) >= 11 is 5.27. The molecular formula is C9H9ClO6S. The second kappa shape index (κ2) is 5.46. The minimum Gasteiger partial charge on any atom is -0.465 e. The van der Waals surface area contributed by atoms with Gasteiger partial charge in [0, 0.05) is 7.11 Å². The molecule has 0 saturated carbocycles. The predicted molar refractivity (Wildman–Crippen MR) is 59.8 cm³/mol. The van der Waals surface area contributed by atoms with Crippen LogP contribution in [-0.4, -0.2) is 39.3 Å². The van der Waals surface area contributed by atoms with Crippen LogP contribution in [0.2, 0.25) is 0 Å². The monoisotopic (exact) mass is 280 g/mol. The Hall–Kier alpha value is -1.15. The lowest BCUT2D eigenvalue weighted by Crippen LogP contribution is -2.38. The summed E-state index contributed by atoms with van der Waals surface area (Å²) in [4.78, 5) is 11.4. The van der Waals surface area contributed by atoms with E-state index >= 15 is 0 Å². The molecule has 0 heterocycles. The highest BCUT2D eigenvalue weighted by molar-refractivity contribution is 7.73. The minimum absolute atomic E-state index is 0.105. The highest BCUT2D eigenvalue weighted by atomic mass is 35.5. The van der Waals surface area contributed by atoms with E-state index in [1.165, 1.54) is 19.3 Å². The SMILES string of the molecule is COC(=O)C1=CC(=S(=O)=O)C=CC1(OC)OCl. The van der Waals surface area contributed by atoms with Crippen molar-refractivity contribution >= 4 is 33.0 Å². The van der Waals surface area contributed by atoms with Gasteiger partial charge in [0.25, 0.3) is 0 Å². The van der Waals surface area contributed by atoms with Gasteiger partial charge in [-0.05, 0) is 18.2 Å². The predicted octanol–water partition coefficient (Wildman–Crippen LogP) is 0.220. The maximum Gasteiger partial charge on any atom is 0.339 e. The molecule has 94 valence electrons. The van der Waals surface area contributed by atoms with E-state index in [4.69, 9.17) is 16.6 Å². The first-order valence-electron chi connectivity index (χ1n) is 4.31. The fourth-order valence-electron chi connectivity index (χ4n) is 1.26. The van der Waals surface area contributed by atoms with Crippen LogP contribution in [0.15, 0.2) is 23.8 Å². The molecule has 0 fully saturated rings. The number of halogens is 1. The number of ether oxygens (including phenoxy) is 2. The molecule has 1 atom stereocenters. The van der Waals surface area contributed by atoms with Gasteiger partial charge < -0.3 is 9.47 Å². The molecule has 17 heavy (non-hydrogen) atoms. The average molecular weight is 281 g/mol. The lowest BCUT2D eigenvalue weighted by molar-refractivity contribution is -0.146. The summed E-state index contributed by atoms with van der Waals surface area (Å²) in [6.45, 7) is 0. The number of carbonyl (C=O) groups is 1. The molecule has 0 saturated heterocycles. The molecule has 1 rings (SSSR count). The molecule has 0 aromatic heterocycles. The van der Waals surface area contributed by atoms with Crippen LogP contribution >= 0.6 is 11.9 Å². The highest BCUT2D eigenvalue weighted by Crippen LogP contribution is 2.30. The molecule has 0 amide bonds. The summed E-state index contributed by atoms with van der Waals surface area (Å²) in [6, 6.07) is 0. The van der Waals surface area contributed by atoms with Crippen molar-refractivity contribution in [3.63, 3.8) is 0 Å². The molecule has 1 aliphatic rings. The second-order valence-electron chi connectivity index (χ2n) is 2.97. The van der Waals surface area contributed by atoms with Gasteiger partial charge in [0.1, 0.15) is 5.57 Å². The zero-order valence-electron chi connectivity index (χ0n) is 8.97. The van der Waals surface area contributed by atoms with Crippen LogP contribution in [-0.2, 0) is 28.9 Å². The van der Waals surface area contributed by atoms with Crippen molar-refractivity contribution in [3.8, 4) is 0 Å². The molecular weight excluding hydrogens is 272 g/mol. The fraction of sp³-hybridized carbons (Fsp3) is 0.333. The first-order chi connectivity index (χ1) is 8.00. The summed E-state index contributed by atoms with van der Waals surface area (Å²) in [7, 11) is -0.0914. The molecule has 0 spiro atoms. The van der Waals surface area contributed by atoms with Crippen LogP contribution in [0.1, 0.15) is 0 Å². The van der Waals surface area contributed by atoms with Gasteiger partial charge in [0.2, 0.25) is 16.1 Å². The standard InChI is InChI=1S/C9H9ClO6S/c1-14-8(11)7-5-6(17(12)13)3-4-9(7,15-2)16-10/h3-5H,1-2H3. The quantitative estimate of drug-likeness (QED) is 0.418. The van der Waals surface area contributed by atoms with E-state index in [1.807, 2.05) is 0 Å². The second-order valence-corrected chi connectivity index (χ2v) is 4.06. The molecule has 0 aliphatic heterocycles. The van der Waals surface area contributed by atoms with E-state index in [2.05, 4.69) is 9.03 Å². The Bertz CT molecular complexity index is 504. The largest absolute Gasteiger partial charge is 0.465 e. The first kappa shape index (κ1) is 13.9. The lowest BCUT2D eigenvalue weighted by Gasteiger charge is -2.28. The van der Waals surface area contributed by atoms with Crippen molar-refractivity contribution in [2.75, 3.05) is 14.2 Å². The third-order valence-corrected chi connectivity index (χ3v) is 3.01. The number of hydrogen-bond donors (Lipinski definition) is 0. The Kier molecular flexibility index (Phi) is 4.47. The van der Waals surface area contributed by atoms with Crippen molar-refractivity contribution in [1.82, 2.24) is 0 Å². The lowest BCUT2D eigenvalue weighted by atomic mass is 9.99. The van der Waals surface area contributed by atoms with E-state index in [0.717, 1.165) is 13.2 Å². The molecule has 0 aromatic rings. The average Bonchev–Trinajstić information content (AvgIpc) is 2.36. The van der Waals surface area contributed by atoms with Crippen LogP contribution in [0.3, 0.4) is 0 Å². The van der Waals surface area contributed by atoms with E-state index in [1.54, 1.807) is 0 Å². The van der Waals surface area contributed by atoms with Crippen LogP contribution in [0.4, 0.5) is 0 Å². The van der Waals surface area contributed by atoms with E-state index in [9.17, 15) is 13.2 Å². The summed E-state index contributed by atoms with van der Waals surface area (Å²) in [6.07, 6.45) is 3.49. The van der Waals surface area contributed by atoms with Gasteiger partial charge in [-0.15, -0.1) is 0 Å². The van der Waals surface area contributed by atoms with Gasteiger partial charge in [0.15, 0.2) is 0 Å². The van der Waals surface area contributed by atoms with Gasteiger partial charge in [-0.1, -0.05) is 0 Å². The number of allylic oxidation sites excluding steroid dienone is 2. The van der Waals surface area contributed by atoms with Gasteiger partial charge in [-0.2, -0.15) is 8.42 Å². The third kappa shape index (κ3) is 2.58. The fourth-order valence-corrected chi connectivity index (χ4v) is 1.85. The maximum absolute atomic E-state index is 11.5. The number of esters is 1. The normalized spacial score (nSPS) is 23.2. The van der Waals surface area contributed by atoms with E-state index in [0.29, 0.717) is 0 Å². The van der Waals surface area contributed by atoms with Crippen molar-refractivity contribution in [1.29, 1.82) is 0 Å². The van der Waals surface area contributed by atoms with Gasteiger partial charge in [-0.25, -0.2) is 9.08 Å². The Labute approximate surface area is 104 Å². The first-order valence-corrected chi connectivity index (χ1v) is 5.70. The maximum atomic E-state index is 11.5. The Balaban J connectivity index is 3.40. The smallest absolute Gasteiger partial charge is 0.339 e. The Morgan fingerprint density at radius 2 is 2.06 bits per heavy atom. The van der Waals surface area contributed by atoms with Crippen LogP contribution in [0, 0.1) is 0 Å². The zero-order valence-corrected chi connectivity index (χ0v) is 10.5. The summed E-state index contributed by atoms with van der Waals surface area (Å²) in [5.74, 6) is -2.46. The summed E-state index contributed by atoms with van der Waals surface area (Å²) < 4.78 is 35.6. The molecule has 0 N–H and O–H groups in total. The Morgan fingerprint density at radius 3 is 2.47 bits per heavy atom. The van der Waals surface area contributed by atoms with Crippen molar-refractivity contribution in [2.45, 2.75) is 5.79 Å². The van der Waals surface area contributed by atoms with E-state index in [-0.39, 0.29) is 10.4 Å². The van der Waals surface area contributed by atoms with Crippen molar-refractivity contribution in [2.24, 2.45) is 0 Å². The molecule has 0 aromatic carbocycles. The van der Waals surface area contributed by atoms with Gasteiger partial charge in [-0.3, -0.25) is 0 Å². The molecule has 1 unspecified atom stereocenters. The van der Waals surface area contributed by atoms with Crippen LogP contribution < -0.4 is 0 Å². The number of rotatable bonds is 3. The minimum atomic E-state index is -2.49. The van der Waals surface area contributed by atoms with Crippen molar-refractivity contribution in [3.05, 3.63) is 23.8 Å². The zero-order chi connectivity index (χ0) is 13.1. The molecule has 6 nitrogen and oxygen atoms in total. The van der Waals surface area contributed by atoms with Gasteiger partial charge >= 0.3 is 5.97 Å². The Morgan fingerprint density at radius 1 is 1.41 bits per heavy atom. The molecule has 1 aliphatic carbocycles. The van der Waals surface area contributed by atoms with Crippen molar-refractivity contribution < 1.29 is 27.0 Å².